The molecule has 2 atom stereocenters. The number of amides is 2. The molecule has 8 heteroatoms. The molecule has 3 rings (SSSR count). The van der Waals surface area contributed by atoms with Crippen molar-refractivity contribution in [3.05, 3.63) is 35.6 Å². The Labute approximate surface area is 148 Å². The van der Waals surface area contributed by atoms with Gasteiger partial charge < -0.3 is 9.80 Å². The van der Waals surface area contributed by atoms with Gasteiger partial charge in [-0.05, 0) is 49.8 Å². The fraction of sp³-hybridized carbons (Fsp3) is 0.556. The molecule has 1 aromatic carbocycles. The largest absolute Gasteiger partial charge is 0.471 e. The third-order valence-corrected chi connectivity index (χ3v) is 5.09. The molecular weight excluding hydrogens is 352 g/mol. The quantitative estimate of drug-likeness (QED) is 0.766. The second-order valence-electron chi connectivity index (χ2n) is 6.81. The highest BCUT2D eigenvalue weighted by Crippen LogP contribution is 2.29. The number of nitrogens with zero attached hydrogens (tertiary/aromatic N) is 2. The number of halogens is 4. The fourth-order valence-electron chi connectivity index (χ4n) is 3.85. The summed E-state index contributed by atoms with van der Waals surface area (Å²) in [6.07, 6.45) is -2.32. The molecule has 2 heterocycles. The van der Waals surface area contributed by atoms with Gasteiger partial charge in [0.15, 0.2) is 0 Å². The van der Waals surface area contributed by atoms with E-state index in [-0.39, 0.29) is 24.8 Å². The van der Waals surface area contributed by atoms with E-state index in [0.717, 1.165) is 18.4 Å². The lowest BCUT2D eigenvalue weighted by Crippen LogP contribution is -2.52. The lowest BCUT2D eigenvalue weighted by atomic mass is 10.0. The van der Waals surface area contributed by atoms with Crippen LogP contribution in [0.15, 0.2) is 24.3 Å². The Morgan fingerprint density at radius 1 is 1.00 bits per heavy atom. The topological polar surface area (TPSA) is 40.6 Å². The van der Waals surface area contributed by atoms with Gasteiger partial charge >= 0.3 is 12.1 Å². The minimum absolute atomic E-state index is 0.0504. The zero-order chi connectivity index (χ0) is 18.9. The van der Waals surface area contributed by atoms with Crippen molar-refractivity contribution in [2.45, 2.75) is 50.4 Å². The number of likely N-dealkylation sites (tertiary alicyclic amines) is 2. The summed E-state index contributed by atoms with van der Waals surface area (Å²) < 4.78 is 51.3. The van der Waals surface area contributed by atoms with E-state index in [1.165, 1.54) is 12.1 Å². The van der Waals surface area contributed by atoms with Crippen LogP contribution < -0.4 is 0 Å². The summed E-state index contributed by atoms with van der Waals surface area (Å²) >= 11 is 0. The molecule has 0 aromatic heterocycles. The molecular formula is C18H20F4N2O2. The lowest BCUT2D eigenvalue weighted by Gasteiger charge is -2.31. The van der Waals surface area contributed by atoms with Crippen molar-refractivity contribution < 1.29 is 27.2 Å². The Morgan fingerprint density at radius 3 is 2.27 bits per heavy atom. The normalized spacial score (nSPS) is 23.5. The molecule has 0 aliphatic carbocycles. The molecule has 0 radical (unpaired) electrons. The molecule has 2 saturated heterocycles. The molecule has 2 fully saturated rings. The average molecular weight is 372 g/mol. The molecule has 2 aliphatic heterocycles. The van der Waals surface area contributed by atoms with Crippen LogP contribution >= 0.6 is 0 Å². The Bertz CT molecular complexity index is 675. The van der Waals surface area contributed by atoms with Gasteiger partial charge in [-0.2, -0.15) is 13.2 Å². The third kappa shape index (κ3) is 3.83. The van der Waals surface area contributed by atoms with Crippen molar-refractivity contribution in [2.75, 3.05) is 13.1 Å². The number of hydrogen-bond acceptors (Lipinski definition) is 2. The molecule has 2 unspecified atom stereocenters. The van der Waals surface area contributed by atoms with E-state index in [0.29, 0.717) is 24.3 Å². The van der Waals surface area contributed by atoms with Gasteiger partial charge in [0.05, 0.1) is 0 Å². The van der Waals surface area contributed by atoms with Gasteiger partial charge in [0.25, 0.3) is 0 Å². The highest BCUT2D eigenvalue weighted by Gasteiger charge is 2.49. The number of carbonyl (C=O) groups is 2. The summed E-state index contributed by atoms with van der Waals surface area (Å²) in [6.45, 7) is 0.417. The van der Waals surface area contributed by atoms with E-state index in [4.69, 9.17) is 0 Å². The summed E-state index contributed by atoms with van der Waals surface area (Å²) in [6, 6.07) is 4.79. The van der Waals surface area contributed by atoms with Crippen LogP contribution in [0.3, 0.4) is 0 Å². The first-order valence-corrected chi connectivity index (χ1v) is 8.70. The summed E-state index contributed by atoms with van der Waals surface area (Å²) in [7, 11) is 0. The van der Waals surface area contributed by atoms with Gasteiger partial charge in [0, 0.05) is 19.1 Å². The van der Waals surface area contributed by atoms with Gasteiger partial charge in [-0.1, -0.05) is 12.1 Å². The fourth-order valence-corrected chi connectivity index (χ4v) is 3.85. The van der Waals surface area contributed by atoms with Crippen molar-refractivity contribution in [2.24, 2.45) is 0 Å². The second kappa shape index (κ2) is 7.25. The summed E-state index contributed by atoms with van der Waals surface area (Å²) in [5, 5.41) is 0. The van der Waals surface area contributed by atoms with Crippen LogP contribution in [-0.2, 0) is 16.0 Å². The Kier molecular flexibility index (Phi) is 5.20. The second-order valence-corrected chi connectivity index (χ2v) is 6.81. The van der Waals surface area contributed by atoms with E-state index in [1.807, 2.05) is 0 Å². The van der Waals surface area contributed by atoms with Crippen LogP contribution in [0.1, 0.15) is 31.2 Å². The smallest absolute Gasteiger partial charge is 0.338 e. The van der Waals surface area contributed by atoms with E-state index >= 15 is 0 Å². The predicted octanol–water partition coefficient (Wildman–Crippen LogP) is 2.91. The Morgan fingerprint density at radius 2 is 1.62 bits per heavy atom. The maximum atomic E-state index is 13.0. The average Bonchev–Trinajstić information content (AvgIpc) is 3.24. The van der Waals surface area contributed by atoms with E-state index in [2.05, 4.69) is 0 Å². The van der Waals surface area contributed by atoms with Crippen LogP contribution in [0.2, 0.25) is 0 Å². The summed E-state index contributed by atoms with van der Waals surface area (Å²) in [5.41, 5.74) is 0.866. The first-order valence-electron chi connectivity index (χ1n) is 8.70. The van der Waals surface area contributed by atoms with Gasteiger partial charge in [0.2, 0.25) is 5.91 Å². The molecule has 2 amide bonds. The van der Waals surface area contributed by atoms with Gasteiger partial charge in [0.1, 0.15) is 11.9 Å². The first-order chi connectivity index (χ1) is 12.3. The maximum Gasteiger partial charge on any atom is 0.471 e. The number of carbonyl (C=O) groups excluding carboxylic acids is 2. The molecule has 0 saturated carbocycles. The maximum absolute atomic E-state index is 13.0. The summed E-state index contributed by atoms with van der Waals surface area (Å²) in [5.74, 6) is -2.70. The SMILES string of the molecule is O=C(C1CCCN1C(=O)C(F)(F)F)N1CCCC1Cc1ccc(F)cc1. The highest BCUT2D eigenvalue weighted by molar-refractivity contribution is 5.90. The molecule has 142 valence electrons. The number of rotatable bonds is 3. The zero-order valence-electron chi connectivity index (χ0n) is 14.1. The molecule has 0 bridgehead atoms. The lowest BCUT2D eigenvalue weighted by molar-refractivity contribution is -0.187. The molecule has 1 aromatic rings. The van der Waals surface area contributed by atoms with Crippen molar-refractivity contribution in [1.29, 1.82) is 0 Å². The van der Waals surface area contributed by atoms with Crippen molar-refractivity contribution >= 4 is 11.8 Å². The van der Waals surface area contributed by atoms with E-state index in [9.17, 15) is 27.2 Å². The molecule has 0 N–H and O–H groups in total. The minimum Gasteiger partial charge on any atom is -0.338 e. The minimum atomic E-state index is -4.97. The Balaban J connectivity index is 1.71. The van der Waals surface area contributed by atoms with Crippen molar-refractivity contribution in [3.63, 3.8) is 0 Å². The number of benzene rings is 1. The van der Waals surface area contributed by atoms with Crippen LogP contribution in [0.5, 0.6) is 0 Å². The van der Waals surface area contributed by atoms with E-state index < -0.39 is 24.0 Å². The van der Waals surface area contributed by atoms with Gasteiger partial charge in [-0.25, -0.2) is 4.39 Å². The Hall–Kier alpha value is -2.12. The van der Waals surface area contributed by atoms with E-state index in [1.54, 1.807) is 17.0 Å². The van der Waals surface area contributed by atoms with Crippen molar-refractivity contribution in [3.8, 4) is 0 Å². The number of hydrogen-bond donors (Lipinski definition) is 0. The zero-order valence-corrected chi connectivity index (χ0v) is 14.1. The molecule has 2 aliphatic rings. The van der Waals surface area contributed by atoms with Crippen LogP contribution in [-0.4, -0.2) is 53.0 Å². The highest BCUT2D eigenvalue weighted by atomic mass is 19.4. The van der Waals surface area contributed by atoms with Crippen molar-refractivity contribution in [1.82, 2.24) is 9.80 Å². The predicted molar refractivity (Wildman–Crippen MR) is 85.6 cm³/mol. The third-order valence-electron chi connectivity index (χ3n) is 5.09. The molecule has 26 heavy (non-hydrogen) atoms. The molecule has 4 nitrogen and oxygen atoms in total. The standard InChI is InChI=1S/C18H20F4N2O2/c19-13-7-5-12(6-8-13)11-14-3-1-9-23(14)16(25)15-4-2-10-24(15)17(26)18(20,21)22/h5-8,14-15H,1-4,9-11H2. The monoisotopic (exact) mass is 372 g/mol. The molecule has 0 spiro atoms. The van der Waals surface area contributed by atoms with Crippen LogP contribution in [0.4, 0.5) is 17.6 Å². The van der Waals surface area contributed by atoms with Crippen LogP contribution in [0.25, 0.3) is 0 Å². The number of alkyl halides is 3. The van der Waals surface area contributed by atoms with Crippen LogP contribution in [0, 0.1) is 5.82 Å². The first kappa shape index (κ1) is 18.7. The van der Waals surface area contributed by atoms with Gasteiger partial charge in [-0.15, -0.1) is 0 Å². The summed E-state index contributed by atoms with van der Waals surface area (Å²) in [4.78, 5) is 26.7. The van der Waals surface area contributed by atoms with Gasteiger partial charge in [-0.3, -0.25) is 9.59 Å².